The molecule has 0 bridgehead atoms. The molecule has 0 unspecified atom stereocenters. The van der Waals surface area contributed by atoms with E-state index in [1.54, 1.807) is 18.3 Å². The van der Waals surface area contributed by atoms with Crippen LogP contribution >= 0.6 is 0 Å². The Morgan fingerprint density at radius 2 is 2.21 bits per heavy atom. The van der Waals surface area contributed by atoms with Gasteiger partial charge in [0.1, 0.15) is 11.6 Å². The van der Waals surface area contributed by atoms with Crippen molar-refractivity contribution in [3.8, 4) is 11.8 Å². The fourth-order valence-electron chi connectivity index (χ4n) is 4.41. The fraction of sp³-hybridized carbons (Fsp3) is 0.333. The normalized spacial score (nSPS) is 21.9. The minimum absolute atomic E-state index is 0.0970. The van der Waals surface area contributed by atoms with Gasteiger partial charge in [0.2, 0.25) is 0 Å². The predicted octanol–water partition coefficient (Wildman–Crippen LogP) is 3.83. The molecule has 0 spiro atoms. The van der Waals surface area contributed by atoms with Gasteiger partial charge in [0.15, 0.2) is 11.3 Å². The number of hydrogen-bond donors (Lipinski definition) is 1. The van der Waals surface area contributed by atoms with Crippen LogP contribution in [0, 0.1) is 17.2 Å². The summed E-state index contributed by atoms with van der Waals surface area (Å²) in [6, 6.07) is 11.5. The quantitative estimate of drug-likeness (QED) is 0.588. The molecule has 1 aliphatic rings. The van der Waals surface area contributed by atoms with Crippen molar-refractivity contribution in [2.45, 2.75) is 38.2 Å². The van der Waals surface area contributed by atoms with Gasteiger partial charge in [0.05, 0.1) is 29.5 Å². The summed E-state index contributed by atoms with van der Waals surface area (Å²) in [5.74, 6) is 2.47. The Morgan fingerprint density at radius 1 is 1.29 bits per heavy atom. The van der Waals surface area contributed by atoms with Gasteiger partial charge in [-0.25, -0.2) is 4.98 Å². The second-order valence-corrected chi connectivity index (χ2v) is 7.35. The number of benzene rings is 1. The molecule has 0 saturated heterocycles. The van der Waals surface area contributed by atoms with Crippen molar-refractivity contribution in [2.24, 2.45) is 5.92 Å². The van der Waals surface area contributed by atoms with Crippen LogP contribution in [0.5, 0.6) is 5.75 Å². The van der Waals surface area contributed by atoms with E-state index in [2.05, 4.69) is 37.6 Å². The molecule has 1 aliphatic carbocycles. The fourth-order valence-corrected chi connectivity index (χ4v) is 4.41. The number of aromatic amines is 1. The number of nitriles is 1. The van der Waals surface area contributed by atoms with Gasteiger partial charge in [-0.15, -0.1) is 10.2 Å². The number of nitrogens with one attached hydrogen (secondary N) is 1. The molecule has 3 aromatic heterocycles. The predicted molar refractivity (Wildman–Crippen MR) is 104 cm³/mol. The van der Waals surface area contributed by atoms with Crippen LogP contribution in [0.15, 0.2) is 42.7 Å². The zero-order chi connectivity index (χ0) is 19.1. The Kier molecular flexibility index (Phi) is 3.97. The van der Waals surface area contributed by atoms with E-state index in [4.69, 9.17) is 10.00 Å². The SMILES string of the molecule is CC[C@@H]1C[C@@H](Oc2cccc(C#N)c2)C[C@@H]1c1nnc2cnc3[nH]ccc3n12. The highest BCUT2D eigenvalue weighted by atomic mass is 16.5. The first-order chi connectivity index (χ1) is 13.8. The van der Waals surface area contributed by atoms with Crippen LogP contribution < -0.4 is 4.74 Å². The Morgan fingerprint density at radius 3 is 3.07 bits per heavy atom. The van der Waals surface area contributed by atoms with Crippen molar-refractivity contribution < 1.29 is 4.74 Å². The summed E-state index contributed by atoms with van der Waals surface area (Å²) in [6.45, 7) is 2.22. The maximum Gasteiger partial charge on any atom is 0.179 e. The van der Waals surface area contributed by atoms with Crippen molar-refractivity contribution in [3.63, 3.8) is 0 Å². The van der Waals surface area contributed by atoms with E-state index in [0.29, 0.717) is 11.5 Å². The molecule has 0 radical (unpaired) electrons. The van der Waals surface area contributed by atoms with Crippen LogP contribution in [0.3, 0.4) is 0 Å². The zero-order valence-corrected chi connectivity index (χ0v) is 15.5. The van der Waals surface area contributed by atoms with Gasteiger partial charge < -0.3 is 9.72 Å². The molecular formula is C21H20N6O. The summed E-state index contributed by atoms with van der Waals surface area (Å²) >= 11 is 0. The average molecular weight is 372 g/mol. The van der Waals surface area contributed by atoms with E-state index >= 15 is 0 Å². The lowest BCUT2D eigenvalue weighted by Crippen LogP contribution is -2.12. The summed E-state index contributed by atoms with van der Waals surface area (Å²) in [5, 5.41) is 18.0. The van der Waals surface area contributed by atoms with Gasteiger partial charge in [-0.3, -0.25) is 4.40 Å². The second-order valence-electron chi connectivity index (χ2n) is 7.35. The van der Waals surface area contributed by atoms with Crippen LogP contribution in [0.25, 0.3) is 16.8 Å². The molecule has 140 valence electrons. The highest BCUT2D eigenvalue weighted by Crippen LogP contribution is 2.42. The Labute approximate surface area is 162 Å². The van der Waals surface area contributed by atoms with Crippen molar-refractivity contribution in [1.82, 2.24) is 24.6 Å². The van der Waals surface area contributed by atoms with Gasteiger partial charge in [-0.05, 0) is 43.0 Å². The molecule has 1 aromatic carbocycles. The molecule has 7 heteroatoms. The van der Waals surface area contributed by atoms with Crippen LogP contribution in [0.2, 0.25) is 0 Å². The maximum atomic E-state index is 9.11. The molecule has 3 heterocycles. The Bertz CT molecular complexity index is 1190. The van der Waals surface area contributed by atoms with Gasteiger partial charge in [-0.2, -0.15) is 5.26 Å². The topological polar surface area (TPSA) is 91.9 Å². The summed E-state index contributed by atoms with van der Waals surface area (Å²) in [5.41, 5.74) is 3.21. The third-order valence-corrected chi connectivity index (χ3v) is 5.74. The largest absolute Gasteiger partial charge is 0.490 e. The smallest absolute Gasteiger partial charge is 0.179 e. The van der Waals surface area contributed by atoms with E-state index in [9.17, 15) is 0 Å². The lowest BCUT2D eigenvalue weighted by atomic mass is 9.93. The van der Waals surface area contributed by atoms with Crippen LogP contribution in [-0.4, -0.2) is 30.7 Å². The molecule has 7 nitrogen and oxygen atoms in total. The van der Waals surface area contributed by atoms with Gasteiger partial charge in [-0.1, -0.05) is 19.4 Å². The first-order valence-electron chi connectivity index (χ1n) is 9.60. The molecule has 0 amide bonds. The minimum atomic E-state index is 0.0970. The lowest BCUT2D eigenvalue weighted by Gasteiger charge is -2.15. The van der Waals surface area contributed by atoms with Crippen molar-refractivity contribution >= 4 is 16.8 Å². The number of H-pyrrole nitrogens is 1. The third kappa shape index (κ3) is 2.69. The molecule has 28 heavy (non-hydrogen) atoms. The molecular weight excluding hydrogens is 352 g/mol. The summed E-state index contributed by atoms with van der Waals surface area (Å²) in [6.07, 6.45) is 6.64. The number of hydrogen-bond acceptors (Lipinski definition) is 5. The molecule has 5 rings (SSSR count). The maximum absolute atomic E-state index is 9.11. The standard InChI is InChI=1S/C21H20N6O/c1-2-14-9-16(28-15-5-3-4-13(8-15)11-22)10-17(14)21-26-25-19-12-24-20-18(27(19)21)6-7-23-20/h3-8,12,14,16-17,23H,2,9-10H2,1H3/t14-,16-,17+/m1/s1. The number of fused-ring (bicyclic) bond motifs is 3. The zero-order valence-electron chi connectivity index (χ0n) is 15.5. The molecule has 1 N–H and O–H groups in total. The Balaban J connectivity index is 1.48. The highest BCUT2D eigenvalue weighted by molar-refractivity contribution is 5.74. The molecule has 1 fully saturated rings. The summed E-state index contributed by atoms with van der Waals surface area (Å²) in [7, 11) is 0. The van der Waals surface area contributed by atoms with Crippen LogP contribution in [0.4, 0.5) is 0 Å². The van der Waals surface area contributed by atoms with Gasteiger partial charge >= 0.3 is 0 Å². The van der Waals surface area contributed by atoms with Crippen LogP contribution in [-0.2, 0) is 0 Å². The minimum Gasteiger partial charge on any atom is -0.490 e. The first kappa shape index (κ1) is 16.8. The average Bonchev–Trinajstić information content (AvgIpc) is 3.44. The molecule has 1 saturated carbocycles. The van der Waals surface area contributed by atoms with E-state index < -0.39 is 0 Å². The monoisotopic (exact) mass is 372 g/mol. The van der Waals surface area contributed by atoms with Crippen molar-refractivity contribution in [1.29, 1.82) is 5.26 Å². The van der Waals surface area contributed by atoms with E-state index in [1.165, 1.54) is 0 Å². The highest BCUT2D eigenvalue weighted by Gasteiger charge is 2.38. The molecule has 3 atom stereocenters. The second kappa shape index (κ2) is 6.64. The van der Waals surface area contributed by atoms with E-state index in [0.717, 1.165) is 47.6 Å². The number of aromatic nitrogens is 5. The van der Waals surface area contributed by atoms with E-state index in [-0.39, 0.29) is 12.0 Å². The van der Waals surface area contributed by atoms with Gasteiger partial charge in [0, 0.05) is 12.1 Å². The molecule has 0 aliphatic heterocycles. The van der Waals surface area contributed by atoms with Crippen molar-refractivity contribution in [3.05, 3.63) is 54.1 Å². The van der Waals surface area contributed by atoms with E-state index in [1.807, 2.05) is 24.4 Å². The summed E-state index contributed by atoms with van der Waals surface area (Å²) in [4.78, 5) is 7.56. The summed E-state index contributed by atoms with van der Waals surface area (Å²) < 4.78 is 8.35. The Hall–Kier alpha value is -3.40. The number of nitrogens with zero attached hydrogens (tertiary/aromatic N) is 5. The van der Waals surface area contributed by atoms with Gasteiger partial charge in [0.25, 0.3) is 0 Å². The number of ether oxygens (including phenoxy) is 1. The van der Waals surface area contributed by atoms with Crippen LogP contribution in [0.1, 0.15) is 43.5 Å². The van der Waals surface area contributed by atoms with Crippen molar-refractivity contribution in [2.75, 3.05) is 0 Å². The lowest BCUT2D eigenvalue weighted by molar-refractivity contribution is 0.203. The number of rotatable bonds is 4. The third-order valence-electron chi connectivity index (χ3n) is 5.74. The molecule has 4 aromatic rings. The first-order valence-corrected chi connectivity index (χ1v) is 9.60.